The number of hydrogen-bond acceptors (Lipinski definition) is 4. The van der Waals surface area contributed by atoms with Crippen LogP contribution in [0.25, 0.3) is 0 Å². The highest BCUT2D eigenvalue weighted by molar-refractivity contribution is 5.48. The highest BCUT2D eigenvalue weighted by Gasteiger charge is 2.22. The summed E-state index contributed by atoms with van der Waals surface area (Å²) in [6, 6.07) is 6.00. The van der Waals surface area contributed by atoms with E-state index in [1.807, 2.05) is 12.1 Å². The minimum absolute atomic E-state index is 0.329. The Labute approximate surface area is 107 Å². The maximum Gasteiger partial charge on any atom is 0.231 e. The van der Waals surface area contributed by atoms with Gasteiger partial charge in [0.25, 0.3) is 0 Å². The second-order valence-corrected chi connectivity index (χ2v) is 4.93. The molecule has 1 aromatic rings. The lowest BCUT2D eigenvalue weighted by atomic mass is 10.1. The van der Waals surface area contributed by atoms with Crippen LogP contribution in [0, 0.1) is 0 Å². The maximum atomic E-state index is 5.77. The van der Waals surface area contributed by atoms with E-state index >= 15 is 0 Å². The molecule has 1 aromatic carbocycles. The number of para-hydroxylation sites is 1. The van der Waals surface area contributed by atoms with Crippen molar-refractivity contribution in [1.82, 2.24) is 5.32 Å². The highest BCUT2D eigenvalue weighted by atomic mass is 16.7. The molecule has 1 fully saturated rings. The van der Waals surface area contributed by atoms with Gasteiger partial charge in [0, 0.05) is 18.7 Å². The van der Waals surface area contributed by atoms with Gasteiger partial charge in [-0.05, 0) is 25.8 Å². The van der Waals surface area contributed by atoms with E-state index < -0.39 is 0 Å². The second-order valence-electron chi connectivity index (χ2n) is 4.93. The molecule has 18 heavy (non-hydrogen) atoms. The lowest BCUT2D eigenvalue weighted by molar-refractivity contribution is 0.0558. The van der Waals surface area contributed by atoms with Gasteiger partial charge < -0.3 is 19.5 Å². The predicted molar refractivity (Wildman–Crippen MR) is 67.8 cm³/mol. The summed E-state index contributed by atoms with van der Waals surface area (Å²) in [6.07, 6.45) is 3.09. The van der Waals surface area contributed by atoms with Crippen molar-refractivity contribution >= 4 is 0 Å². The first-order valence-corrected chi connectivity index (χ1v) is 6.56. The molecule has 2 unspecified atom stereocenters. The highest BCUT2D eigenvalue weighted by Crippen LogP contribution is 2.35. The lowest BCUT2D eigenvalue weighted by Gasteiger charge is -2.13. The average molecular weight is 249 g/mol. The Morgan fingerprint density at radius 3 is 3.06 bits per heavy atom. The summed E-state index contributed by atoms with van der Waals surface area (Å²) in [5, 5.41) is 3.43. The Morgan fingerprint density at radius 2 is 2.22 bits per heavy atom. The van der Waals surface area contributed by atoms with Crippen LogP contribution >= 0.6 is 0 Å². The van der Waals surface area contributed by atoms with Gasteiger partial charge in [0.1, 0.15) is 0 Å². The van der Waals surface area contributed by atoms with Crippen LogP contribution in [0.5, 0.6) is 11.5 Å². The van der Waals surface area contributed by atoms with Gasteiger partial charge in [-0.1, -0.05) is 12.1 Å². The van der Waals surface area contributed by atoms with Gasteiger partial charge in [-0.3, -0.25) is 0 Å². The molecule has 3 rings (SSSR count). The fourth-order valence-corrected chi connectivity index (χ4v) is 2.53. The van der Waals surface area contributed by atoms with E-state index in [1.165, 1.54) is 6.42 Å². The summed E-state index contributed by atoms with van der Waals surface area (Å²) in [6.45, 7) is 4.15. The first-order valence-electron chi connectivity index (χ1n) is 6.56. The molecule has 2 aliphatic rings. The lowest BCUT2D eigenvalue weighted by Crippen LogP contribution is -2.26. The molecule has 2 atom stereocenters. The summed E-state index contributed by atoms with van der Waals surface area (Å²) < 4.78 is 16.6. The van der Waals surface area contributed by atoms with Gasteiger partial charge in [-0.25, -0.2) is 0 Å². The van der Waals surface area contributed by atoms with Crippen molar-refractivity contribution in [3.8, 4) is 11.5 Å². The molecule has 1 saturated heterocycles. The third-order valence-corrected chi connectivity index (χ3v) is 3.49. The van der Waals surface area contributed by atoms with Gasteiger partial charge >= 0.3 is 0 Å². The van der Waals surface area contributed by atoms with Gasteiger partial charge in [0.2, 0.25) is 6.79 Å². The minimum atomic E-state index is 0.329. The summed E-state index contributed by atoms with van der Waals surface area (Å²) in [5.74, 6) is 1.73. The average Bonchev–Trinajstić information content (AvgIpc) is 2.98. The molecule has 0 aliphatic carbocycles. The monoisotopic (exact) mass is 249 g/mol. The number of rotatable bonds is 4. The predicted octanol–water partition coefficient (Wildman–Crippen LogP) is 2.07. The zero-order valence-electron chi connectivity index (χ0n) is 10.6. The second kappa shape index (κ2) is 5.16. The molecular weight excluding hydrogens is 230 g/mol. The Morgan fingerprint density at radius 1 is 1.28 bits per heavy atom. The number of benzene rings is 1. The first-order chi connectivity index (χ1) is 8.83. The van der Waals surface area contributed by atoms with E-state index in [0.29, 0.717) is 19.0 Å². The van der Waals surface area contributed by atoms with Crippen molar-refractivity contribution in [1.29, 1.82) is 0 Å². The maximum absolute atomic E-state index is 5.77. The van der Waals surface area contributed by atoms with E-state index in [1.54, 1.807) is 0 Å². The van der Waals surface area contributed by atoms with Crippen LogP contribution in [0.4, 0.5) is 0 Å². The zero-order chi connectivity index (χ0) is 12.4. The quantitative estimate of drug-likeness (QED) is 0.886. The molecule has 0 saturated carbocycles. The molecule has 98 valence electrons. The Balaban J connectivity index is 1.53. The topological polar surface area (TPSA) is 39.7 Å². The normalized spacial score (nSPS) is 25.6. The number of hydrogen-bond donors (Lipinski definition) is 1. The summed E-state index contributed by atoms with van der Waals surface area (Å²) in [5.41, 5.74) is 1.15. The van der Waals surface area contributed by atoms with Crippen molar-refractivity contribution in [2.24, 2.45) is 0 Å². The van der Waals surface area contributed by atoms with Gasteiger partial charge in [-0.15, -0.1) is 0 Å². The Hall–Kier alpha value is -1.26. The van der Waals surface area contributed by atoms with Crippen LogP contribution in [0.15, 0.2) is 18.2 Å². The van der Waals surface area contributed by atoms with Crippen LogP contribution in [0.1, 0.15) is 25.3 Å². The van der Waals surface area contributed by atoms with Gasteiger partial charge in [0.05, 0.1) is 12.2 Å². The Bertz CT molecular complexity index is 422. The van der Waals surface area contributed by atoms with Crippen LogP contribution < -0.4 is 14.8 Å². The molecular formula is C14H19NO3. The van der Waals surface area contributed by atoms with Crippen LogP contribution in [-0.2, 0) is 11.3 Å². The molecule has 0 bridgehead atoms. The summed E-state index contributed by atoms with van der Waals surface area (Å²) in [7, 11) is 0. The molecule has 0 aromatic heterocycles. The van der Waals surface area contributed by atoms with E-state index in [-0.39, 0.29) is 0 Å². The molecule has 0 radical (unpaired) electrons. The largest absolute Gasteiger partial charge is 0.454 e. The first kappa shape index (κ1) is 11.8. The standard InChI is InChI=1S/C14H19NO3/c1-10-5-6-12(18-10)8-15-7-11-3-2-4-13-14(11)17-9-16-13/h2-4,10,12,15H,5-9H2,1H3. The molecule has 2 heterocycles. The molecule has 2 aliphatic heterocycles. The SMILES string of the molecule is CC1CCC(CNCc2cccc3c2OCO3)O1. The van der Waals surface area contributed by atoms with Crippen molar-refractivity contribution in [3.63, 3.8) is 0 Å². The van der Waals surface area contributed by atoms with Gasteiger partial charge in [0.15, 0.2) is 11.5 Å². The van der Waals surface area contributed by atoms with Crippen molar-refractivity contribution in [3.05, 3.63) is 23.8 Å². The van der Waals surface area contributed by atoms with E-state index in [9.17, 15) is 0 Å². The van der Waals surface area contributed by atoms with Crippen LogP contribution in [0.3, 0.4) is 0 Å². The molecule has 4 nitrogen and oxygen atoms in total. The van der Waals surface area contributed by atoms with Crippen molar-refractivity contribution in [2.45, 2.75) is 38.5 Å². The summed E-state index contributed by atoms with van der Waals surface area (Å²) >= 11 is 0. The number of ether oxygens (including phenoxy) is 3. The zero-order valence-corrected chi connectivity index (χ0v) is 10.6. The van der Waals surface area contributed by atoms with E-state index in [4.69, 9.17) is 14.2 Å². The van der Waals surface area contributed by atoms with Crippen LogP contribution in [0.2, 0.25) is 0 Å². The van der Waals surface area contributed by atoms with Crippen molar-refractivity contribution in [2.75, 3.05) is 13.3 Å². The fourth-order valence-electron chi connectivity index (χ4n) is 2.53. The van der Waals surface area contributed by atoms with E-state index in [0.717, 1.165) is 36.6 Å². The number of fused-ring (bicyclic) bond motifs is 1. The molecule has 1 N–H and O–H groups in total. The number of nitrogens with one attached hydrogen (secondary N) is 1. The Kier molecular flexibility index (Phi) is 3.39. The van der Waals surface area contributed by atoms with Gasteiger partial charge in [-0.2, -0.15) is 0 Å². The molecule has 0 amide bonds. The minimum Gasteiger partial charge on any atom is -0.454 e. The smallest absolute Gasteiger partial charge is 0.231 e. The van der Waals surface area contributed by atoms with Crippen LogP contribution in [-0.4, -0.2) is 25.5 Å². The summed E-state index contributed by atoms with van der Waals surface area (Å²) in [4.78, 5) is 0. The third-order valence-electron chi connectivity index (χ3n) is 3.49. The van der Waals surface area contributed by atoms with Crippen molar-refractivity contribution < 1.29 is 14.2 Å². The molecule has 0 spiro atoms. The molecule has 4 heteroatoms. The van der Waals surface area contributed by atoms with E-state index in [2.05, 4.69) is 18.3 Å². The fraction of sp³-hybridized carbons (Fsp3) is 0.571. The third kappa shape index (κ3) is 2.44.